The Bertz CT molecular complexity index is 1050. The third kappa shape index (κ3) is 4.15. The summed E-state index contributed by atoms with van der Waals surface area (Å²) < 4.78 is 32.6. The molecular weight excluding hydrogens is 412 g/mol. The molecule has 31 heavy (non-hydrogen) atoms. The number of nitrogens with one attached hydrogen (secondary N) is 1. The van der Waals surface area contributed by atoms with Crippen molar-refractivity contribution in [3.8, 4) is 5.75 Å². The minimum absolute atomic E-state index is 0.124. The zero-order valence-corrected chi connectivity index (χ0v) is 19.1. The van der Waals surface area contributed by atoms with Crippen LogP contribution in [0.5, 0.6) is 5.75 Å². The third-order valence-electron chi connectivity index (χ3n) is 6.99. The topological polar surface area (TPSA) is 75.7 Å². The van der Waals surface area contributed by atoms with E-state index in [1.165, 1.54) is 56.3 Å². The fourth-order valence-electron chi connectivity index (χ4n) is 5.26. The Kier molecular flexibility index (Phi) is 5.97. The van der Waals surface area contributed by atoms with Gasteiger partial charge in [-0.3, -0.25) is 9.10 Å². The average molecular weight is 443 g/mol. The molecule has 2 saturated carbocycles. The Balaban J connectivity index is 1.46. The number of fused-ring (bicyclic) bond motifs is 2. The molecule has 2 fully saturated rings. The van der Waals surface area contributed by atoms with Gasteiger partial charge in [0.25, 0.3) is 15.9 Å². The lowest BCUT2D eigenvalue weighted by molar-refractivity contribution is 0.0915. The number of ether oxygens (including phenoxy) is 1. The number of amides is 1. The third-order valence-corrected chi connectivity index (χ3v) is 8.78. The first-order valence-corrected chi connectivity index (χ1v) is 12.3. The SMILES string of the molecule is COc1ccccc1N(C)S(=O)(=O)c1ccc(C(=O)N[C@@H](C)[C@H]2C[C@H]3CC[C@H]2C3)cc1. The number of nitrogens with zero attached hydrogens (tertiary/aromatic N) is 1. The van der Waals surface area contributed by atoms with E-state index in [9.17, 15) is 13.2 Å². The predicted molar refractivity (Wildman–Crippen MR) is 121 cm³/mol. The molecule has 0 aromatic heterocycles. The Morgan fingerprint density at radius 2 is 1.81 bits per heavy atom. The summed E-state index contributed by atoms with van der Waals surface area (Å²) in [7, 11) is -0.792. The van der Waals surface area contributed by atoms with E-state index in [1.54, 1.807) is 36.4 Å². The van der Waals surface area contributed by atoms with Crippen molar-refractivity contribution < 1.29 is 17.9 Å². The summed E-state index contributed by atoms with van der Waals surface area (Å²) in [5.74, 6) is 2.44. The van der Waals surface area contributed by atoms with Crippen molar-refractivity contribution in [1.29, 1.82) is 0 Å². The number of hydrogen-bond acceptors (Lipinski definition) is 4. The van der Waals surface area contributed by atoms with Gasteiger partial charge in [0.05, 0.1) is 17.7 Å². The number of carbonyl (C=O) groups is 1. The van der Waals surface area contributed by atoms with Gasteiger partial charge in [0.2, 0.25) is 0 Å². The van der Waals surface area contributed by atoms with Crippen molar-refractivity contribution in [2.45, 2.75) is 43.5 Å². The molecule has 2 aromatic carbocycles. The van der Waals surface area contributed by atoms with Crippen LogP contribution in [0.4, 0.5) is 5.69 Å². The molecule has 1 N–H and O–H groups in total. The van der Waals surface area contributed by atoms with Crippen LogP contribution < -0.4 is 14.4 Å². The molecule has 2 bridgehead atoms. The van der Waals surface area contributed by atoms with Crippen LogP contribution in [0.1, 0.15) is 43.0 Å². The Morgan fingerprint density at radius 1 is 1.10 bits per heavy atom. The molecule has 0 unspecified atom stereocenters. The van der Waals surface area contributed by atoms with Crippen molar-refractivity contribution in [2.24, 2.45) is 17.8 Å². The van der Waals surface area contributed by atoms with Gasteiger partial charge in [-0.2, -0.15) is 0 Å². The molecule has 0 saturated heterocycles. The first kappa shape index (κ1) is 21.7. The summed E-state index contributed by atoms with van der Waals surface area (Å²) in [5.41, 5.74) is 0.917. The maximum absolute atomic E-state index is 13.1. The molecule has 0 spiro atoms. The second kappa shape index (κ2) is 8.54. The van der Waals surface area contributed by atoms with Crippen LogP contribution in [-0.4, -0.2) is 34.5 Å². The minimum atomic E-state index is -3.79. The van der Waals surface area contributed by atoms with Crippen LogP contribution in [0, 0.1) is 17.8 Å². The number of hydrogen-bond donors (Lipinski definition) is 1. The van der Waals surface area contributed by atoms with Crippen LogP contribution in [-0.2, 0) is 10.0 Å². The smallest absolute Gasteiger partial charge is 0.264 e. The van der Waals surface area contributed by atoms with E-state index in [2.05, 4.69) is 12.2 Å². The fraction of sp³-hybridized carbons (Fsp3) is 0.458. The van der Waals surface area contributed by atoms with Crippen molar-refractivity contribution in [3.63, 3.8) is 0 Å². The van der Waals surface area contributed by atoms with Gasteiger partial charge in [-0.1, -0.05) is 18.6 Å². The lowest BCUT2D eigenvalue weighted by Gasteiger charge is -2.28. The van der Waals surface area contributed by atoms with Crippen molar-refractivity contribution in [3.05, 3.63) is 54.1 Å². The summed E-state index contributed by atoms with van der Waals surface area (Å²) in [6, 6.07) is 13.2. The summed E-state index contributed by atoms with van der Waals surface area (Å²) in [6.07, 6.45) is 5.12. The molecule has 1 amide bonds. The van der Waals surface area contributed by atoms with Gasteiger partial charge in [0.1, 0.15) is 5.75 Å². The van der Waals surface area contributed by atoms with E-state index in [4.69, 9.17) is 4.74 Å². The highest BCUT2D eigenvalue weighted by Crippen LogP contribution is 2.49. The number of methoxy groups -OCH3 is 1. The van der Waals surface area contributed by atoms with Crippen LogP contribution in [0.3, 0.4) is 0 Å². The first-order chi connectivity index (χ1) is 14.8. The zero-order valence-electron chi connectivity index (χ0n) is 18.2. The zero-order chi connectivity index (χ0) is 22.2. The van der Waals surface area contributed by atoms with Gasteiger partial charge >= 0.3 is 0 Å². The molecule has 7 heteroatoms. The number of rotatable bonds is 7. The molecule has 0 heterocycles. The predicted octanol–water partition coefficient (Wildman–Crippen LogP) is 4.07. The molecule has 6 nitrogen and oxygen atoms in total. The second-order valence-electron chi connectivity index (χ2n) is 8.77. The number of benzene rings is 2. The molecule has 166 valence electrons. The number of anilines is 1. The first-order valence-electron chi connectivity index (χ1n) is 10.8. The Hall–Kier alpha value is -2.54. The molecule has 2 aliphatic carbocycles. The number of para-hydroxylation sites is 2. The average Bonchev–Trinajstić information content (AvgIpc) is 3.42. The van der Waals surface area contributed by atoms with Gasteiger partial charge in [-0.25, -0.2) is 8.42 Å². The maximum Gasteiger partial charge on any atom is 0.264 e. The highest BCUT2D eigenvalue weighted by atomic mass is 32.2. The van der Waals surface area contributed by atoms with Crippen molar-refractivity contribution in [2.75, 3.05) is 18.5 Å². The fourth-order valence-corrected chi connectivity index (χ4v) is 6.47. The molecule has 2 aromatic rings. The molecule has 2 aliphatic rings. The lowest BCUT2D eigenvalue weighted by Crippen LogP contribution is -2.40. The van der Waals surface area contributed by atoms with E-state index in [0.717, 1.165) is 11.8 Å². The number of carbonyl (C=O) groups excluding carboxylic acids is 1. The summed E-state index contributed by atoms with van der Waals surface area (Å²) in [6.45, 7) is 2.09. The quantitative estimate of drug-likeness (QED) is 0.701. The highest BCUT2D eigenvalue weighted by molar-refractivity contribution is 7.92. The van der Waals surface area contributed by atoms with E-state index < -0.39 is 10.0 Å². The van der Waals surface area contributed by atoms with Gasteiger partial charge in [0.15, 0.2) is 0 Å². The molecule has 0 radical (unpaired) electrons. The lowest BCUT2D eigenvalue weighted by atomic mass is 9.84. The maximum atomic E-state index is 13.1. The standard InChI is InChI=1S/C24H30N2O4S/c1-16(21-15-17-8-9-19(21)14-17)25-24(27)18-10-12-20(13-11-18)31(28,29)26(2)22-6-4-5-7-23(22)30-3/h4-7,10-13,16-17,19,21H,8-9,14-15H2,1-3H3,(H,25,27)/t16-,17-,19-,21+/m0/s1. The van der Waals surface area contributed by atoms with Crippen LogP contribution in [0.25, 0.3) is 0 Å². The van der Waals surface area contributed by atoms with Crippen molar-refractivity contribution in [1.82, 2.24) is 5.32 Å². The summed E-state index contributed by atoms with van der Waals surface area (Å²) in [4.78, 5) is 12.9. The largest absolute Gasteiger partial charge is 0.495 e. The molecule has 0 aliphatic heterocycles. The van der Waals surface area contributed by atoms with Crippen LogP contribution >= 0.6 is 0 Å². The van der Waals surface area contributed by atoms with Crippen molar-refractivity contribution >= 4 is 21.6 Å². The van der Waals surface area contributed by atoms with Crippen LogP contribution in [0.2, 0.25) is 0 Å². The van der Waals surface area contributed by atoms with E-state index >= 15 is 0 Å². The minimum Gasteiger partial charge on any atom is -0.495 e. The normalized spacial score (nSPS) is 23.4. The summed E-state index contributed by atoms with van der Waals surface area (Å²) in [5, 5.41) is 3.13. The van der Waals surface area contributed by atoms with Gasteiger partial charge in [-0.05, 0) is 80.3 Å². The highest BCUT2D eigenvalue weighted by Gasteiger charge is 2.42. The van der Waals surface area contributed by atoms with Gasteiger partial charge in [-0.15, -0.1) is 0 Å². The van der Waals surface area contributed by atoms with Gasteiger partial charge < -0.3 is 10.1 Å². The monoisotopic (exact) mass is 442 g/mol. The van der Waals surface area contributed by atoms with Crippen LogP contribution in [0.15, 0.2) is 53.4 Å². The second-order valence-corrected chi connectivity index (χ2v) is 10.7. The number of sulfonamides is 1. The molecule has 4 atom stereocenters. The molecule has 4 rings (SSSR count). The Labute approximate surface area is 184 Å². The van der Waals surface area contributed by atoms with E-state index in [-0.39, 0.29) is 16.8 Å². The summed E-state index contributed by atoms with van der Waals surface area (Å²) >= 11 is 0. The van der Waals surface area contributed by atoms with Gasteiger partial charge in [0, 0.05) is 18.7 Å². The molecular formula is C24H30N2O4S. The van der Waals surface area contributed by atoms with E-state index in [1.807, 2.05) is 0 Å². The van der Waals surface area contributed by atoms with E-state index in [0.29, 0.717) is 22.9 Å². The Morgan fingerprint density at radius 3 is 2.42 bits per heavy atom.